The van der Waals surface area contributed by atoms with E-state index in [0.717, 1.165) is 5.56 Å². The lowest BCUT2D eigenvalue weighted by Crippen LogP contribution is -2.24. The van der Waals surface area contributed by atoms with Crippen molar-refractivity contribution in [1.82, 2.24) is 9.97 Å². The molecular weight excluding hydrogens is 262 g/mol. The average molecular weight is 278 g/mol. The van der Waals surface area contributed by atoms with Gasteiger partial charge in [0, 0.05) is 25.2 Å². The van der Waals surface area contributed by atoms with Crippen LogP contribution in [0.5, 0.6) is 0 Å². The van der Waals surface area contributed by atoms with Crippen LogP contribution in [0.4, 0.5) is 8.78 Å². The third-order valence-electron chi connectivity index (χ3n) is 2.76. The Kier molecular flexibility index (Phi) is 5.12. The van der Waals surface area contributed by atoms with E-state index in [9.17, 15) is 8.78 Å². The summed E-state index contributed by atoms with van der Waals surface area (Å²) < 4.78 is 32.3. The summed E-state index contributed by atoms with van der Waals surface area (Å²) in [5.74, 6) is -2.44. The number of benzene rings is 1. The van der Waals surface area contributed by atoms with Gasteiger partial charge in [-0.1, -0.05) is 30.3 Å². The van der Waals surface area contributed by atoms with Gasteiger partial charge in [-0.3, -0.25) is 0 Å². The van der Waals surface area contributed by atoms with Crippen LogP contribution >= 0.6 is 0 Å². The summed E-state index contributed by atoms with van der Waals surface area (Å²) in [6, 6.07) is 10.9. The Morgan fingerprint density at radius 3 is 2.40 bits per heavy atom. The molecule has 3 nitrogen and oxygen atoms in total. The van der Waals surface area contributed by atoms with Crippen molar-refractivity contribution in [3.8, 4) is 0 Å². The van der Waals surface area contributed by atoms with Crippen molar-refractivity contribution in [3.63, 3.8) is 0 Å². The van der Waals surface area contributed by atoms with Crippen LogP contribution in [-0.2, 0) is 17.8 Å². The molecule has 1 aromatic heterocycles. The minimum Gasteiger partial charge on any atom is -0.371 e. The summed E-state index contributed by atoms with van der Waals surface area (Å²) in [6.07, 6.45) is 2.92. The van der Waals surface area contributed by atoms with Crippen molar-refractivity contribution in [2.45, 2.75) is 25.4 Å². The van der Waals surface area contributed by atoms with E-state index in [0.29, 0.717) is 5.82 Å². The highest BCUT2D eigenvalue weighted by atomic mass is 19.3. The molecule has 0 aliphatic carbocycles. The van der Waals surface area contributed by atoms with Crippen LogP contribution in [0.3, 0.4) is 0 Å². The van der Waals surface area contributed by atoms with Gasteiger partial charge < -0.3 is 4.74 Å². The van der Waals surface area contributed by atoms with E-state index < -0.39 is 12.5 Å². The van der Waals surface area contributed by atoms with Crippen LogP contribution in [-0.4, -0.2) is 22.5 Å². The lowest BCUT2D eigenvalue weighted by atomic mass is 10.2. The molecule has 20 heavy (non-hydrogen) atoms. The molecule has 2 rings (SSSR count). The van der Waals surface area contributed by atoms with Crippen molar-refractivity contribution in [3.05, 3.63) is 60.2 Å². The molecule has 0 aliphatic rings. The SMILES string of the molecule is FC(F)(CCc1ncccn1)COCc1ccccc1. The molecule has 0 N–H and O–H groups in total. The number of alkyl halides is 2. The van der Waals surface area contributed by atoms with E-state index in [-0.39, 0.29) is 19.4 Å². The Morgan fingerprint density at radius 2 is 1.70 bits per heavy atom. The fourth-order valence-corrected chi connectivity index (χ4v) is 1.72. The number of aromatic nitrogens is 2. The molecule has 0 aliphatic heterocycles. The van der Waals surface area contributed by atoms with Crippen LogP contribution in [0.1, 0.15) is 17.8 Å². The van der Waals surface area contributed by atoms with Gasteiger partial charge in [-0.05, 0) is 11.6 Å². The fourth-order valence-electron chi connectivity index (χ4n) is 1.72. The highest BCUT2D eigenvalue weighted by Gasteiger charge is 2.29. The van der Waals surface area contributed by atoms with Gasteiger partial charge in [-0.2, -0.15) is 0 Å². The molecule has 0 amide bonds. The van der Waals surface area contributed by atoms with E-state index in [2.05, 4.69) is 9.97 Å². The predicted octanol–water partition coefficient (Wildman–Crippen LogP) is 3.26. The zero-order valence-electron chi connectivity index (χ0n) is 11.0. The first-order valence-corrected chi connectivity index (χ1v) is 6.41. The fraction of sp³-hybridized carbons (Fsp3) is 0.333. The van der Waals surface area contributed by atoms with Crippen molar-refractivity contribution in [2.24, 2.45) is 0 Å². The number of aryl methyl sites for hydroxylation is 1. The summed E-state index contributed by atoms with van der Waals surface area (Å²) in [4.78, 5) is 7.85. The number of hydrogen-bond donors (Lipinski definition) is 0. The highest BCUT2D eigenvalue weighted by Crippen LogP contribution is 2.21. The maximum absolute atomic E-state index is 13.6. The van der Waals surface area contributed by atoms with Gasteiger partial charge >= 0.3 is 0 Å². The smallest absolute Gasteiger partial charge is 0.271 e. The minimum atomic E-state index is -2.87. The van der Waals surface area contributed by atoms with E-state index in [1.165, 1.54) is 0 Å². The molecule has 0 saturated carbocycles. The first-order chi connectivity index (χ1) is 9.66. The minimum absolute atomic E-state index is 0.141. The standard InChI is InChI=1S/C15H16F2N2O/c16-15(17,8-7-14-18-9-4-10-19-14)12-20-11-13-5-2-1-3-6-13/h1-6,9-10H,7-8,11-12H2. The third kappa shape index (κ3) is 5.01. The summed E-state index contributed by atoms with van der Waals surface area (Å²) in [6.45, 7) is -0.396. The zero-order chi connectivity index (χ0) is 14.3. The summed E-state index contributed by atoms with van der Waals surface area (Å²) in [5, 5.41) is 0. The molecule has 0 radical (unpaired) electrons. The van der Waals surface area contributed by atoms with Crippen molar-refractivity contribution in [1.29, 1.82) is 0 Å². The average Bonchev–Trinajstić information content (AvgIpc) is 2.47. The Balaban J connectivity index is 1.73. The number of ether oxygens (including phenoxy) is 1. The predicted molar refractivity (Wildman–Crippen MR) is 71.4 cm³/mol. The number of nitrogens with zero attached hydrogens (tertiary/aromatic N) is 2. The molecule has 2 aromatic rings. The molecule has 1 aromatic carbocycles. The van der Waals surface area contributed by atoms with Crippen LogP contribution in [0.25, 0.3) is 0 Å². The van der Waals surface area contributed by atoms with Gasteiger partial charge in [0.25, 0.3) is 5.92 Å². The highest BCUT2D eigenvalue weighted by molar-refractivity contribution is 5.13. The van der Waals surface area contributed by atoms with Crippen LogP contribution < -0.4 is 0 Å². The topological polar surface area (TPSA) is 35.0 Å². The van der Waals surface area contributed by atoms with Crippen LogP contribution in [0.2, 0.25) is 0 Å². The van der Waals surface area contributed by atoms with Crippen LogP contribution in [0.15, 0.2) is 48.8 Å². The van der Waals surface area contributed by atoms with Crippen LogP contribution in [0, 0.1) is 0 Å². The van der Waals surface area contributed by atoms with Crippen molar-refractivity contribution < 1.29 is 13.5 Å². The molecule has 0 spiro atoms. The van der Waals surface area contributed by atoms with E-state index in [1.807, 2.05) is 30.3 Å². The molecule has 5 heteroatoms. The van der Waals surface area contributed by atoms with E-state index in [1.54, 1.807) is 18.5 Å². The number of hydrogen-bond acceptors (Lipinski definition) is 3. The molecule has 106 valence electrons. The Hall–Kier alpha value is -1.88. The molecule has 0 bridgehead atoms. The Morgan fingerprint density at radius 1 is 1.00 bits per heavy atom. The van der Waals surface area contributed by atoms with Gasteiger partial charge in [0.15, 0.2) is 0 Å². The molecule has 1 heterocycles. The van der Waals surface area contributed by atoms with Gasteiger partial charge in [0.1, 0.15) is 12.4 Å². The zero-order valence-corrected chi connectivity index (χ0v) is 11.0. The van der Waals surface area contributed by atoms with Gasteiger partial charge in [-0.25, -0.2) is 18.7 Å². The number of rotatable bonds is 7. The van der Waals surface area contributed by atoms with Gasteiger partial charge in [0.05, 0.1) is 6.61 Å². The normalized spacial score (nSPS) is 11.5. The molecule has 0 unspecified atom stereocenters. The Bertz CT molecular complexity index is 506. The first-order valence-electron chi connectivity index (χ1n) is 6.41. The largest absolute Gasteiger partial charge is 0.371 e. The second kappa shape index (κ2) is 7.05. The lowest BCUT2D eigenvalue weighted by molar-refractivity contribution is -0.0865. The molecule has 0 atom stereocenters. The maximum atomic E-state index is 13.6. The van der Waals surface area contributed by atoms with Crippen molar-refractivity contribution >= 4 is 0 Å². The third-order valence-corrected chi connectivity index (χ3v) is 2.76. The summed E-state index contributed by atoms with van der Waals surface area (Å²) in [5.41, 5.74) is 0.884. The van der Waals surface area contributed by atoms with E-state index in [4.69, 9.17) is 4.74 Å². The molecule has 0 fully saturated rings. The number of halogens is 2. The van der Waals surface area contributed by atoms with Gasteiger partial charge in [0.2, 0.25) is 0 Å². The Labute approximate surface area is 116 Å². The first kappa shape index (κ1) is 14.5. The second-order valence-corrected chi connectivity index (χ2v) is 4.50. The monoisotopic (exact) mass is 278 g/mol. The maximum Gasteiger partial charge on any atom is 0.271 e. The van der Waals surface area contributed by atoms with E-state index >= 15 is 0 Å². The van der Waals surface area contributed by atoms with Gasteiger partial charge in [-0.15, -0.1) is 0 Å². The molecule has 0 saturated heterocycles. The summed E-state index contributed by atoms with van der Waals surface area (Å²) in [7, 11) is 0. The second-order valence-electron chi connectivity index (χ2n) is 4.50. The molecular formula is C15H16F2N2O. The quantitative estimate of drug-likeness (QED) is 0.779. The lowest BCUT2D eigenvalue weighted by Gasteiger charge is -2.16. The summed E-state index contributed by atoms with van der Waals surface area (Å²) >= 11 is 0. The van der Waals surface area contributed by atoms with Crippen molar-refractivity contribution in [2.75, 3.05) is 6.61 Å².